The molecule has 3 aromatic rings. The first kappa shape index (κ1) is 22.6. The molecule has 0 fully saturated rings. The number of rotatable bonds is 6. The third-order valence-electron chi connectivity index (χ3n) is 4.18. The lowest BCUT2D eigenvalue weighted by atomic mass is 10.0. The first-order chi connectivity index (χ1) is 15.1. The summed E-state index contributed by atoms with van der Waals surface area (Å²) in [5, 5.41) is 0.769. The maximum atomic E-state index is 11.7. The minimum atomic E-state index is -0.531. The fraction of sp³-hybridized carbons (Fsp3) is 0.160. The molecule has 0 saturated carbocycles. The van der Waals surface area contributed by atoms with Crippen LogP contribution in [-0.2, 0) is 14.4 Å². The third-order valence-corrected chi connectivity index (χ3v) is 4.18. The minimum absolute atomic E-state index is 0.199. The van der Waals surface area contributed by atoms with Gasteiger partial charge in [-0.15, -0.1) is 0 Å². The molecule has 164 valence electrons. The number of carbonyl (C=O) groups is 3. The lowest BCUT2D eigenvalue weighted by molar-refractivity contribution is -0.133. The van der Waals surface area contributed by atoms with E-state index in [1.165, 1.54) is 20.8 Å². The van der Waals surface area contributed by atoms with E-state index in [-0.39, 0.29) is 11.5 Å². The second-order valence-electron chi connectivity index (χ2n) is 7.16. The van der Waals surface area contributed by atoms with E-state index in [1.807, 2.05) is 0 Å². The van der Waals surface area contributed by atoms with Crippen LogP contribution in [-0.4, -0.2) is 17.9 Å². The molecule has 2 aromatic carbocycles. The molecule has 1 heterocycles. The van der Waals surface area contributed by atoms with E-state index < -0.39 is 17.9 Å². The summed E-state index contributed by atoms with van der Waals surface area (Å²) in [5.41, 5.74) is 2.19. The lowest BCUT2D eigenvalue weighted by Gasteiger charge is -2.13. The molecule has 0 bridgehead atoms. The van der Waals surface area contributed by atoms with Crippen molar-refractivity contribution in [2.24, 2.45) is 0 Å². The highest BCUT2D eigenvalue weighted by molar-refractivity contribution is 5.86. The van der Waals surface area contributed by atoms with Crippen LogP contribution in [0.4, 0.5) is 0 Å². The van der Waals surface area contributed by atoms with Crippen LogP contribution in [0.3, 0.4) is 0 Å². The Balaban J connectivity index is 2.16. The highest BCUT2D eigenvalue weighted by Gasteiger charge is 2.18. The van der Waals surface area contributed by atoms with Gasteiger partial charge in [0.2, 0.25) is 0 Å². The number of furan rings is 1. The molecular weight excluding hydrogens is 412 g/mol. The summed E-state index contributed by atoms with van der Waals surface area (Å²) in [6.45, 7) is 9.50. The SMILES string of the molecule is C=C(C)/C=C/c1c(OC(C)=O)cc(-c2cc3ccc(OC(C)=O)cc3o2)cc1OC(C)=O. The van der Waals surface area contributed by atoms with Gasteiger partial charge < -0.3 is 18.6 Å². The van der Waals surface area contributed by atoms with Gasteiger partial charge in [0, 0.05) is 37.8 Å². The summed E-state index contributed by atoms with van der Waals surface area (Å²) in [4.78, 5) is 34.6. The van der Waals surface area contributed by atoms with Crippen LogP contribution in [0.5, 0.6) is 17.2 Å². The van der Waals surface area contributed by atoms with Gasteiger partial charge in [-0.25, -0.2) is 0 Å². The zero-order chi connectivity index (χ0) is 23.4. The van der Waals surface area contributed by atoms with Crippen LogP contribution in [0.1, 0.15) is 33.3 Å². The predicted octanol–water partition coefficient (Wildman–Crippen LogP) is 5.47. The molecular formula is C25H22O7. The fourth-order valence-electron chi connectivity index (χ4n) is 2.99. The van der Waals surface area contributed by atoms with E-state index in [4.69, 9.17) is 18.6 Å². The smallest absolute Gasteiger partial charge is 0.308 e. The number of hydrogen-bond donors (Lipinski definition) is 0. The summed E-state index contributed by atoms with van der Waals surface area (Å²) >= 11 is 0. The van der Waals surface area contributed by atoms with E-state index in [2.05, 4.69) is 6.58 Å². The van der Waals surface area contributed by atoms with Crippen molar-refractivity contribution in [2.45, 2.75) is 27.7 Å². The van der Waals surface area contributed by atoms with Crippen LogP contribution in [0.25, 0.3) is 28.4 Å². The zero-order valence-corrected chi connectivity index (χ0v) is 18.2. The molecule has 3 rings (SSSR count). The second-order valence-corrected chi connectivity index (χ2v) is 7.16. The topological polar surface area (TPSA) is 92.0 Å². The van der Waals surface area contributed by atoms with E-state index in [0.29, 0.717) is 28.2 Å². The van der Waals surface area contributed by atoms with Crippen molar-refractivity contribution in [3.05, 3.63) is 60.2 Å². The molecule has 0 atom stereocenters. The highest BCUT2D eigenvalue weighted by atomic mass is 16.5. The summed E-state index contributed by atoms with van der Waals surface area (Å²) in [6.07, 6.45) is 3.37. The number of benzene rings is 2. The summed E-state index contributed by atoms with van der Waals surface area (Å²) in [6, 6.07) is 10.0. The maximum Gasteiger partial charge on any atom is 0.308 e. The number of fused-ring (bicyclic) bond motifs is 1. The van der Waals surface area contributed by atoms with E-state index in [0.717, 1.165) is 11.0 Å². The fourth-order valence-corrected chi connectivity index (χ4v) is 2.99. The molecule has 0 unspecified atom stereocenters. The monoisotopic (exact) mass is 434 g/mol. The van der Waals surface area contributed by atoms with Crippen molar-refractivity contribution in [3.8, 4) is 28.6 Å². The second kappa shape index (κ2) is 9.34. The Morgan fingerprint density at radius 3 is 1.97 bits per heavy atom. The van der Waals surface area contributed by atoms with Gasteiger partial charge in [0.15, 0.2) is 0 Å². The van der Waals surface area contributed by atoms with Gasteiger partial charge in [-0.3, -0.25) is 14.4 Å². The normalized spacial score (nSPS) is 10.9. The Hall–Kier alpha value is -4.13. The van der Waals surface area contributed by atoms with Crippen LogP contribution in [0, 0.1) is 0 Å². The molecule has 0 radical (unpaired) electrons. The number of hydrogen-bond acceptors (Lipinski definition) is 7. The van der Waals surface area contributed by atoms with Crippen molar-refractivity contribution in [2.75, 3.05) is 0 Å². The van der Waals surface area contributed by atoms with E-state index in [1.54, 1.807) is 55.5 Å². The Bertz CT molecular complexity index is 1220. The summed E-state index contributed by atoms with van der Waals surface area (Å²) < 4.78 is 21.8. The average Bonchev–Trinajstić information content (AvgIpc) is 3.09. The van der Waals surface area contributed by atoms with Gasteiger partial charge in [-0.1, -0.05) is 18.2 Å². The van der Waals surface area contributed by atoms with Gasteiger partial charge in [0.25, 0.3) is 0 Å². The molecule has 7 nitrogen and oxygen atoms in total. The van der Waals surface area contributed by atoms with Crippen LogP contribution >= 0.6 is 0 Å². The largest absolute Gasteiger partial charge is 0.456 e. The molecule has 0 amide bonds. The van der Waals surface area contributed by atoms with Crippen molar-refractivity contribution in [3.63, 3.8) is 0 Å². The molecule has 0 aliphatic rings. The van der Waals surface area contributed by atoms with Crippen molar-refractivity contribution < 1.29 is 33.0 Å². The summed E-state index contributed by atoms with van der Waals surface area (Å²) in [7, 11) is 0. The Morgan fingerprint density at radius 2 is 1.44 bits per heavy atom. The number of allylic oxidation sites excluding steroid dienone is 2. The first-order valence-corrected chi connectivity index (χ1v) is 9.73. The van der Waals surface area contributed by atoms with Crippen molar-refractivity contribution in [1.82, 2.24) is 0 Å². The van der Waals surface area contributed by atoms with Crippen LogP contribution in [0.15, 0.2) is 59.0 Å². The van der Waals surface area contributed by atoms with Gasteiger partial charge in [-0.05, 0) is 43.3 Å². The van der Waals surface area contributed by atoms with Crippen LogP contribution in [0.2, 0.25) is 0 Å². The Kier molecular flexibility index (Phi) is 6.59. The number of ether oxygens (including phenoxy) is 3. The van der Waals surface area contributed by atoms with E-state index in [9.17, 15) is 14.4 Å². The number of carbonyl (C=O) groups excluding carboxylic acids is 3. The molecule has 7 heteroatoms. The Labute approximate surface area is 184 Å². The minimum Gasteiger partial charge on any atom is -0.456 e. The van der Waals surface area contributed by atoms with Gasteiger partial charge >= 0.3 is 17.9 Å². The molecule has 0 N–H and O–H groups in total. The quantitative estimate of drug-likeness (QED) is 0.289. The molecule has 0 spiro atoms. The van der Waals surface area contributed by atoms with E-state index >= 15 is 0 Å². The van der Waals surface area contributed by atoms with Gasteiger partial charge in [0.1, 0.15) is 28.6 Å². The van der Waals surface area contributed by atoms with Crippen molar-refractivity contribution in [1.29, 1.82) is 0 Å². The van der Waals surface area contributed by atoms with Crippen LogP contribution < -0.4 is 14.2 Å². The maximum absolute atomic E-state index is 11.7. The molecule has 1 aromatic heterocycles. The predicted molar refractivity (Wildman–Crippen MR) is 119 cm³/mol. The molecule has 0 aliphatic heterocycles. The van der Waals surface area contributed by atoms with Gasteiger partial charge in [0.05, 0.1) is 5.56 Å². The lowest BCUT2D eigenvalue weighted by Crippen LogP contribution is -2.07. The average molecular weight is 434 g/mol. The first-order valence-electron chi connectivity index (χ1n) is 9.73. The third kappa shape index (κ3) is 5.51. The molecule has 32 heavy (non-hydrogen) atoms. The number of esters is 3. The zero-order valence-electron chi connectivity index (χ0n) is 18.2. The Morgan fingerprint density at radius 1 is 0.844 bits per heavy atom. The molecule has 0 saturated heterocycles. The standard InChI is InChI=1S/C25H22O7/c1-14(2)6-9-21-24(30-16(4)27)11-19(12-25(21)31-17(5)28)22-10-18-7-8-20(29-15(3)26)13-23(18)32-22/h6-13H,1H2,2-5H3/b9-6+. The highest BCUT2D eigenvalue weighted by Crippen LogP contribution is 2.39. The molecule has 0 aliphatic carbocycles. The summed E-state index contributed by atoms with van der Waals surface area (Å²) in [5.74, 6) is -0.307. The van der Waals surface area contributed by atoms with Gasteiger partial charge in [-0.2, -0.15) is 0 Å². The van der Waals surface area contributed by atoms with Crippen molar-refractivity contribution >= 4 is 35.0 Å².